The fourth-order valence-corrected chi connectivity index (χ4v) is 4.55. The molecule has 0 saturated carbocycles. The van der Waals surface area contributed by atoms with Crippen LogP contribution >= 0.6 is 0 Å². The van der Waals surface area contributed by atoms with Crippen molar-refractivity contribution in [2.75, 3.05) is 26.7 Å². The van der Waals surface area contributed by atoms with Gasteiger partial charge in [-0.25, -0.2) is 0 Å². The van der Waals surface area contributed by atoms with Crippen LogP contribution in [0, 0.1) is 0 Å². The van der Waals surface area contributed by atoms with E-state index in [0.29, 0.717) is 6.04 Å². The molecule has 2 atom stereocenters. The second-order valence-electron chi connectivity index (χ2n) is 7.27. The van der Waals surface area contributed by atoms with E-state index >= 15 is 0 Å². The molecule has 1 aliphatic carbocycles. The minimum absolute atomic E-state index is 0.0713. The van der Waals surface area contributed by atoms with Crippen LogP contribution in [0.15, 0.2) is 30.5 Å². The van der Waals surface area contributed by atoms with Gasteiger partial charge in [-0.05, 0) is 36.2 Å². The maximum absolute atomic E-state index is 11.8. The first-order chi connectivity index (χ1) is 12.1. The number of H-pyrrole nitrogens is 1. The van der Waals surface area contributed by atoms with Crippen molar-refractivity contribution in [1.29, 1.82) is 0 Å². The number of carbonyl (C=O) groups excluding carboxylic acids is 2. The van der Waals surface area contributed by atoms with Gasteiger partial charge >= 0.3 is 0 Å². The second-order valence-corrected chi connectivity index (χ2v) is 7.27. The minimum Gasteiger partial charge on any atom is -0.361 e. The number of rotatable bonds is 1. The van der Waals surface area contributed by atoms with E-state index in [2.05, 4.69) is 52.7 Å². The summed E-state index contributed by atoms with van der Waals surface area (Å²) in [5, 5.41) is 3.70. The van der Waals surface area contributed by atoms with Crippen molar-refractivity contribution >= 4 is 28.3 Å². The number of aromatic amines is 1. The number of piperazine rings is 1. The zero-order valence-electron chi connectivity index (χ0n) is 14.1. The largest absolute Gasteiger partial charge is 0.361 e. The summed E-state index contributed by atoms with van der Waals surface area (Å²) < 4.78 is 0. The van der Waals surface area contributed by atoms with Gasteiger partial charge in [0.05, 0.1) is 13.1 Å². The van der Waals surface area contributed by atoms with Crippen LogP contribution in [0.2, 0.25) is 0 Å². The Labute approximate surface area is 145 Å². The third-order valence-corrected chi connectivity index (χ3v) is 5.69. The molecule has 6 nitrogen and oxygen atoms in total. The Bertz CT molecular complexity index is 913. The number of amides is 2. The number of fused-ring (bicyclic) bond motifs is 2. The Hall–Kier alpha value is -2.44. The van der Waals surface area contributed by atoms with E-state index in [1.165, 1.54) is 27.6 Å². The predicted octanol–water partition coefficient (Wildman–Crippen LogP) is 0.748. The Balaban J connectivity index is 1.59. The number of nitrogens with one attached hydrogen (secondary N) is 2. The molecule has 1 saturated heterocycles. The lowest BCUT2D eigenvalue weighted by Gasteiger charge is -2.43. The van der Waals surface area contributed by atoms with Gasteiger partial charge in [-0.3, -0.25) is 24.7 Å². The van der Waals surface area contributed by atoms with E-state index in [9.17, 15) is 9.59 Å². The Morgan fingerprint density at radius 2 is 1.96 bits per heavy atom. The first-order valence-electron chi connectivity index (χ1n) is 8.68. The zero-order chi connectivity index (χ0) is 17.1. The molecule has 2 amide bonds. The van der Waals surface area contributed by atoms with E-state index < -0.39 is 0 Å². The highest BCUT2D eigenvalue weighted by Crippen LogP contribution is 2.40. The van der Waals surface area contributed by atoms with Crippen LogP contribution in [0.1, 0.15) is 11.1 Å². The summed E-state index contributed by atoms with van der Waals surface area (Å²) >= 11 is 0. The molecule has 1 fully saturated rings. The van der Waals surface area contributed by atoms with Crippen LogP contribution in [0.5, 0.6) is 0 Å². The average molecular weight is 336 g/mol. The van der Waals surface area contributed by atoms with Gasteiger partial charge < -0.3 is 4.98 Å². The quantitative estimate of drug-likeness (QED) is 0.754. The van der Waals surface area contributed by atoms with Gasteiger partial charge in [0.1, 0.15) is 0 Å². The number of hydrogen-bond acceptors (Lipinski definition) is 4. The highest BCUT2D eigenvalue weighted by atomic mass is 16.2. The SMILES string of the molecule is CN1C[C@@H](N2CC(=O)NC(=O)C2)C=C2c3cccc4[nH]cc(c34)C[C@H]21. The van der Waals surface area contributed by atoms with Gasteiger partial charge in [-0.2, -0.15) is 0 Å². The standard InChI is InChI=1S/C19H20N4O2/c1-22-8-12(23-9-17(24)21-18(25)10-23)6-14-13-3-2-4-15-19(13)11(7-20-15)5-16(14)22/h2-4,6-7,12,16,20H,5,8-10H2,1H3,(H,21,24,25)/t12-,16+/m0/s1. The maximum Gasteiger partial charge on any atom is 0.240 e. The van der Waals surface area contributed by atoms with Gasteiger partial charge in [0, 0.05) is 35.7 Å². The van der Waals surface area contributed by atoms with E-state index in [1.54, 1.807) is 0 Å². The first-order valence-corrected chi connectivity index (χ1v) is 8.68. The van der Waals surface area contributed by atoms with Crippen molar-refractivity contribution in [3.63, 3.8) is 0 Å². The molecular formula is C19H20N4O2. The number of aromatic nitrogens is 1. The van der Waals surface area contributed by atoms with Crippen LogP contribution < -0.4 is 5.32 Å². The Morgan fingerprint density at radius 3 is 2.76 bits per heavy atom. The molecule has 2 aromatic rings. The zero-order valence-corrected chi connectivity index (χ0v) is 14.1. The lowest BCUT2D eigenvalue weighted by Crippen LogP contribution is -2.58. The van der Waals surface area contributed by atoms with Crippen LogP contribution in [-0.2, 0) is 16.0 Å². The van der Waals surface area contributed by atoms with Crippen LogP contribution in [0.4, 0.5) is 0 Å². The monoisotopic (exact) mass is 336 g/mol. The van der Waals surface area contributed by atoms with Gasteiger partial charge in [0.2, 0.25) is 11.8 Å². The highest BCUT2D eigenvalue weighted by molar-refractivity contribution is 6.00. The molecule has 0 radical (unpaired) electrons. The molecular weight excluding hydrogens is 316 g/mol. The summed E-state index contributed by atoms with van der Waals surface area (Å²) in [6.45, 7) is 1.38. The number of imide groups is 1. The molecule has 0 bridgehead atoms. The second kappa shape index (κ2) is 5.28. The fourth-order valence-electron chi connectivity index (χ4n) is 4.55. The molecule has 2 aliphatic heterocycles. The van der Waals surface area contributed by atoms with Crippen molar-refractivity contribution in [3.05, 3.63) is 41.6 Å². The number of likely N-dealkylation sites (N-methyl/N-ethyl adjacent to an activating group) is 1. The van der Waals surface area contributed by atoms with Crippen molar-refractivity contribution in [1.82, 2.24) is 20.1 Å². The minimum atomic E-state index is -0.210. The highest BCUT2D eigenvalue weighted by Gasteiger charge is 2.37. The van der Waals surface area contributed by atoms with E-state index in [0.717, 1.165) is 13.0 Å². The predicted molar refractivity (Wildman–Crippen MR) is 94.9 cm³/mol. The van der Waals surface area contributed by atoms with Gasteiger partial charge in [0.25, 0.3) is 0 Å². The fraction of sp³-hybridized carbons (Fsp3) is 0.368. The molecule has 3 aliphatic rings. The van der Waals surface area contributed by atoms with Crippen LogP contribution in [0.3, 0.4) is 0 Å². The van der Waals surface area contributed by atoms with Crippen LogP contribution in [-0.4, -0.2) is 65.4 Å². The van der Waals surface area contributed by atoms with E-state index in [4.69, 9.17) is 0 Å². The number of nitrogens with zero attached hydrogens (tertiary/aromatic N) is 2. The molecule has 2 N–H and O–H groups in total. The lowest BCUT2D eigenvalue weighted by molar-refractivity contribution is -0.136. The molecule has 1 aromatic heterocycles. The van der Waals surface area contributed by atoms with Gasteiger partial charge in [-0.1, -0.05) is 18.2 Å². The molecule has 5 rings (SSSR count). The summed E-state index contributed by atoms with van der Waals surface area (Å²) in [6, 6.07) is 6.80. The number of carbonyl (C=O) groups is 2. The summed E-state index contributed by atoms with van der Waals surface area (Å²) in [5.74, 6) is -0.420. The molecule has 0 spiro atoms. The topological polar surface area (TPSA) is 68.4 Å². The molecule has 25 heavy (non-hydrogen) atoms. The summed E-state index contributed by atoms with van der Waals surface area (Å²) in [6.07, 6.45) is 5.39. The number of hydrogen-bond donors (Lipinski definition) is 2. The molecule has 0 unspecified atom stereocenters. The first kappa shape index (κ1) is 14.9. The Kier molecular flexibility index (Phi) is 3.14. The van der Waals surface area contributed by atoms with Crippen molar-refractivity contribution < 1.29 is 9.59 Å². The summed E-state index contributed by atoms with van der Waals surface area (Å²) in [5.41, 5.74) is 5.12. The lowest BCUT2D eigenvalue weighted by atomic mass is 9.81. The smallest absolute Gasteiger partial charge is 0.240 e. The maximum atomic E-state index is 11.8. The van der Waals surface area contributed by atoms with Crippen molar-refractivity contribution in [2.45, 2.75) is 18.5 Å². The summed E-state index contributed by atoms with van der Waals surface area (Å²) in [4.78, 5) is 31.2. The van der Waals surface area contributed by atoms with E-state index in [1.807, 2.05) is 4.90 Å². The Morgan fingerprint density at radius 1 is 1.16 bits per heavy atom. The van der Waals surface area contributed by atoms with Gasteiger partial charge in [-0.15, -0.1) is 0 Å². The molecule has 128 valence electrons. The normalized spacial score (nSPS) is 27.2. The van der Waals surface area contributed by atoms with E-state index in [-0.39, 0.29) is 30.9 Å². The van der Waals surface area contributed by atoms with Crippen molar-refractivity contribution in [3.8, 4) is 0 Å². The molecule has 1 aromatic carbocycles. The average Bonchev–Trinajstić information content (AvgIpc) is 2.99. The van der Waals surface area contributed by atoms with Gasteiger partial charge in [0.15, 0.2) is 0 Å². The number of benzene rings is 1. The van der Waals surface area contributed by atoms with Crippen LogP contribution in [0.25, 0.3) is 16.5 Å². The van der Waals surface area contributed by atoms with Crippen molar-refractivity contribution in [2.24, 2.45) is 0 Å². The summed E-state index contributed by atoms with van der Waals surface area (Å²) in [7, 11) is 2.13. The molecule has 3 heterocycles. The third kappa shape index (κ3) is 2.25. The third-order valence-electron chi connectivity index (χ3n) is 5.69. The molecule has 6 heteroatoms.